The van der Waals surface area contributed by atoms with E-state index in [2.05, 4.69) is 15.9 Å². The van der Waals surface area contributed by atoms with Crippen LogP contribution in [-0.4, -0.2) is 17.1 Å². The first kappa shape index (κ1) is 11.5. The van der Waals surface area contributed by atoms with Gasteiger partial charge in [0.2, 0.25) is 0 Å². The minimum Gasteiger partial charge on any atom is -0.480 e. The van der Waals surface area contributed by atoms with E-state index in [1.807, 2.05) is 0 Å². The summed E-state index contributed by atoms with van der Waals surface area (Å²) in [4.78, 5) is 10.5. The minimum absolute atomic E-state index is 0.230. The monoisotopic (exact) mass is 277 g/mol. The first-order valence-corrected chi connectivity index (χ1v) is 5.10. The van der Waals surface area contributed by atoms with Crippen LogP contribution in [0.3, 0.4) is 0 Å². The van der Waals surface area contributed by atoms with Crippen LogP contribution in [0.25, 0.3) is 0 Å². The van der Waals surface area contributed by atoms with Crippen molar-refractivity contribution in [1.82, 2.24) is 0 Å². The molecule has 1 aromatic carbocycles. The van der Waals surface area contributed by atoms with E-state index in [9.17, 15) is 4.79 Å². The number of nitrogens with two attached hydrogens (primary N) is 1. The molecule has 0 aliphatic rings. The predicted octanol–water partition coefficient (Wildman–Crippen LogP) is 2.06. The number of aliphatic carboxylic acids is 1. The van der Waals surface area contributed by atoms with Gasteiger partial charge in [0.1, 0.15) is 6.04 Å². The molecule has 0 fully saturated rings. The van der Waals surface area contributed by atoms with Gasteiger partial charge in [-0.05, 0) is 30.2 Å². The van der Waals surface area contributed by atoms with Crippen molar-refractivity contribution in [3.63, 3.8) is 0 Å². The number of carboxylic acid groups (broad SMARTS) is 1. The average molecular weight is 279 g/mol. The Bertz CT molecular complexity index is 357. The van der Waals surface area contributed by atoms with Crippen LogP contribution in [0, 0.1) is 0 Å². The lowest BCUT2D eigenvalue weighted by Gasteiger charge is -2.08. The smallest absolute Gasteiger partial charge is 0.320 e. The third-order valence-corrected chi connectivity index (χ3v) is 2.63. The van der Waals surface area contributed by atoms with Crippen LogP contribution in [0.1, 0.15) is 5.56 Å². The van der Waals surface area contributed by atoms with Crippen LogP contribution in [0.5, 0.6) is 0 Å². The summed E-state index contributed by atoms with van der Waals surface area (Å²) in [6.07, 6.45) is 0.230. The van der Waals surface area contributed by atoms with Crippen molar-refractivity contribution in [2.24, 2.45) is 5.73 Å². The van der Waals surface area contributed by atoms with Gasteiger partial charge in [-0.2, -0.15) is 0 Å². The van der Waals surface area contributed by atoms with Crippen LogP contribution in [0.2, 0.25) is 5.02 Å². The van der Waals surface area contributed by atoms with E-state index in [1.54, 1.807) is 18.2 Å². The molecule has 1 atom stereocenters. The van der Waals surface area contributed by atoms with Crippen molar-refractivity contribution in [3.8, 4) is 0 Å². The summed E-state index contributed by atoms with van der Waals surface area (Å²) in [6.45, 7) is 0. The summed E-state index contributed by atoms with van der Waals surface area (Å²) in [5, 5.41) is 9.16. The number of halogens is 2. The number of rotatable bonds is 3. The van der Waals surface area contributed by atoms with Gasteiger partial charge in [-0.3, -0.25) is 4.79 Å². The topological polar surface area (TPSA) is 63.3 Å². The lowest BCUT2D eigenvalue weighted by atomic mass is 10.1. The molecule has 3 N–H and O–H groups in total. The van der Waals surface area contributed by atoms with E-state index in [1.165, 1.54) is 0 Å². The largest absolute Gasteiger partial charge is 0.480 e. The molecule has 0 aromatic heterocycles. The van der Waals surface area contributed by atoms with E-state index >= 15 is 0 Å². The highest BCUT2D eigenvalue weighted by Crippen LogP contribution is 2.21. The molecule has 0 spiro atoms. The number of carboxylic acids is 1. The third-order valence-electron chi connectivity index (χ3n) is 1.76. The average Bonchev–Trinajstić information content (AvgIpc) is 2.11. The SMILES string of the molecule is NC(Cc1cc(Br)ccc1Cl)C(=O)O. The second-order valence-corrected chi connectivity index (χ2v) is 4.21. The molecule has 3 nitrogen and oxygen atoms in total. The molecule has 0 saturated carbocycles. The summed E-state index contributed by atoms with van der Waals surface area (Å²) in [5.74, 6) is -1.03. The Morgan fingerprint density at radius 1 is 1.64 bits per heavy atom. The highest BCUT2D eigenvalue weighted by Gasteiger charge is 2.13. The van der Waals surface area contributed by atoms with Gasteiger partial charge in [0.05, 0.1) is 0 Å². The quantitative estimate of drug-likeness (QED) is 0.889. The molecule has 0 saturated heterocycles. The van der Waals surface area contributed by atoms with Crippen LogP contribution in [0.15, 0.2) is 22.7 Å². The van der Waals surface area contributed by atoms with Crippen molar-refractivity contribution in [2.45, 2.75) is 12.5 Å². The molecule has 1 unspecified atom stereocenters. The highest BCUT2D eigenvalue weighted by molar-refractivity contribution is 9.10. The fraction of sp³-hybridized carbons (Fsp3) is 0.222. The van der Waals surface area contributed by atoms with E-state index in [-0.39, 0.29) is 6.42 Å². The van der Waals surface area contributed by atoms with Gasteiger partial charge in [0.25, 0.3) is 0 Å². The Morgan fingerprint density at radius 3 is 2.86 bits per heavy atom. The molecule has 14 heavy (non-hydrogen) atoms. The predicted molar refractivity (Wildman–Crippen MR) is 58.5 cm³/mol. The first-order chi connectivity index (χ1) is 6.50. The summed E-state index contributed by atoms with van der Waals surface area (Å²) in [7, 11) is 0. The Morgan fingerprint density at radius 2 is 2.29 bits per heavy atom. The molecule has 1 aromatic rings. The van der Waals surface area contributed by atoms with Crippen LogP contribution in [-0.2, 0) is 11.2 Å². The normalized spacial score (nSPS) is 12.5. The van der Waals surface area contributed by atoms with Gasteiger partial charge in [0, 0.05) is 9.50 Å². The van der Waals surface area contributed by atoms with Crippen molar-refractivity contribution >= 4 is 33.5 Å². The zero-order chi connectivity index (χ0) is 10.7. The van der Waals surface area contributed by atoms with E-state index in [4.69, 9.17) is 22.4 Å². The van der Waals surface area contributed by atoms with Crippen molar-refractivity contribution < 1.29 is 9.90 Å². The third kappa shape index (κ3) is 2.97. The molecule has 0 bridgehead atoms. The van der Waals surface area contributed by atoms with Gasteiger partial charge in [0.15, 0.2) is 0 Å². The van der Waals surface area contributed by atoms with Crippen LogP contribution < -0.4 is 5.73 Å². The second-order valence-electron chi connectivity index (χ2n) is 2.88. The number of hydrogen-bond donors (Lipinski definition) is 2. The molecule has 1 rings (SSSR count). The standard InChI is InChI=1S/C9H9BrClNO2/c10-6-1-2-7(11)5(3-6)4-8(12)9(13)14/h1-3,8H,4,12H2,(H,13,14). The maximum atomic E-state index is 10.5. The molecule has 0 aliphatic carbocycles. The van der Waals surface area contributed by atoms with Gasteiger partial charge < -0.3 is 10.8 Å². The lowest BCUT2D eigenvalue weighted by molar-refractivity contribution is -0.138. The summed E-state index contributed by atoms with van der Waals surface area (Å²) in [5.41, 5.74) is 6.13. The molecule has 0 heterocycles. The van der Waals surface area contributed by atoms with Crippen LogP contribution >= 0.6 is 27.5 Å². The van der Waals surface area contributed by atoms with Crippen molar-refractivity contribution in [3.05, 3.63) is 33.3 Å². The molecule has 0 aliphatic heterocycles. The van der Waals surface area contributed by atoms with Crippen LogP contribution in [0.4, 0.5) is 0 Å². The molecule has 76 valence electrons. The Hall–Kier alpha value is -0.580. The van der Waals surface area contributed by atoms with Crippen molar-refractivity contribution in [2.75, 3.05) is 0 Å². The fourth-order valence-electron chi connectivity index (χ4n) is 1.02. The summed E-state index contributed by atoms with van der Waals surface area (Å²) in [6, 6.07) is 4.35. The Kier molecular flexibility index (Phi) is 3.92. The van der Waals surface area contributed by atoms with E-state index in [0.717, 1.165) is 10.0 Å². The summed E-state index contributed by atoms with van der Waals surface area (Å²) >= 11 is 9.15. The van der Waals surface area contributed by atoms with Gasteiger partial charge >= 0.3 is 5.97 Å². The molecule has 0 radical (unpaired) electrons. The van der Waals surface area contributed by atoms with Gasteiger partial charge in [-0.15, -0.1) is 0 Å². The van der Waals surface area contributed by atoms with E-state index in [0.29, 0.717) is 5.02 Å². The van der Waals surface area contributed by atoms with Crippen molar-refractivity contribution in [1.29, 1.82) is 0 Å². The van der Waals surface area contributed by atoms with Gasteiger partial charge in [-0.1, -0.05) is 27.5 Å². The Labute approximate surface area is 95.0 Å². The fourth-order valence-corrected chi connectivity index (χ4v) is 1.63. The van der Waals surface area contributed by atoms with E-state index < -0.39 is 12.0 Å². The van der Waals surface area contributed by atoms with Gasteiger partial charge in [-0.25, -0.2) is 0 Å². The molecule has 5 heteroatoms. The molecular weight excluding hydrogens is 269 g/mol. The maximum Gasteiger partial charge on any atom is 0.320 e. The minimum atomic E-state index is -1.03. The second kappa shape index (κ2) is 4.77. The number of carbonyl (C=O) groups is 1. The number of hydrogen-bond acceptors (Lipinski definition) is 2. The maximum absolute atomic E-state index is 10.5. The zero-order valence-corrected chi connectivity index (χ0v) is 9.55. The number of benzene rings is 1. The molecular formula is C9H9BrClNO2. The first-order valence-electron chi connectivity index (χ1n) is 3.93. The molecule has 0 amide bonds. The lowest BCUT2D eigenvalue weighted by Crippen LogP contribution is -2.32. The summed E-state index contributed by atoms with van der Waals surface area (Å²) < 4.78 is 0.856. The Balaban J connectivity index is 2.85. The highest BCUT2D eigenvalue weighted by atomic mass is 79.9. The zero-order valence-electron chi connectivity index (χ0n) is 7.21.